The highest BCUT2D eigenvalue weighted by molar-refractivity contribution is 5.78. The number of carbonyl (C=O) groups is 1. The van der Waals surface area contributed by atoms with Crippen LogP contribution in [0.1, 0.15) is 21.5 Å². The number of halogens is 3. The predicted molar refractivity (Wildman–Crippen MR) is 69.3 cm³/mol. The molecule has 0 saturated carbocycles. The second-order valence-electron chi connectivity index (χ2n) is 4.27. The lowest BCUT2D eigenvalue weighted by Crippen LogP contribution is -2.09. The second-order valence-corrected chi connectivity index (χ2v) is 4.27. The molecule has 3 nitrogen and oxygen atoms in total. The number of hydrogen-bond acceptors (Lipinski definition) is 3. The molecule has 0 aliphatic rings. The van der Waals surface area contributed by atoms with Crippen molar-refractivity contribution in [1.82, 2.24) is 0 Å². The van der Waals surface area contributed by atoms with Gasteiger partial charge in [0.1, 0.15) is 11.5 Å². The lowest BCUT2D eigenvalue weighted by Gasteiger charge is -2.12. The molecule has 1 N–H and O–H groups in total. The van der Waals surface area contributed by atoms with Crippen LogP contribution in [-0.4, -0.2) is 11.4 Å². The molecular formula is C15H11F3O3. The van der Waals surface area contributed by atoms with Gasteiger partial charge in [-0.1, -0.05) is 12.1 Å². The van der Waals surface area contributed by atoms with Crippen LogP contribution in [0.5, 0.6) is 11.5 Å². The first-order valence-corrected chi connectivity index (χ1v) is 5.98. The van der Waals surface area contributed by atoms with Crippen LogP contribution in [0.4, 0.5) is 13.2 Å². The Balaban J connectivity index is 2.30. The van der Waals surface area contributed by atoms with Gasteiger partial charge in [0.25, 0.3) is 0 Å². The van der Waals surface area contributed by atoms with E-state index in [0.29, 0.717) is 11.3 Å². The zero-order chi connectivity index (χ0) is 15.5. The highest BCUT2D eigenvalue weighted by Crippen LogP contribution is 2.35. The molecule has 0 amide bonds. The summed E-state index contributed by atoms with van der Waals surface area (Å²) < 4.78 is 43.7. The summed E-state index contributed by atoms with van der Waals surface area (Å²) in [4.78, 5) is 10.6. The van der Waals surface area contributed by atoms with E-state index in [0.717, 1.165) is 12.1 Å². The quantitative estimate of drug-likeness (QED) is 0.873. The van der Waals surface area contributed by atoms with E-state index in [1.165, 1.54) is 18.2 Å². The Labute approximate surface area is 118 Å². The Kier molecular flexibility index (Phi) is 4.28. The van der Waals surface area contributed by atoms with Gasteiger partial charge in [0.2, 0.25) is 0 Å². The molecule has 110 valence electrons. The van der Waals surface area contributed by atoms with E-state index in [4.69, 9.17) is 9.84 Å². The van der Waals surface area contributed by atoms with E-state index in [2.05, 4.69) is 0 Å². The first kappa shape index (κ1) is 15.1. The molecule has 0 aromatic heterocycles. The number of carbonyl (C=O) groups excluding carboxylic acids is 1. The molecular weight excluding hydrogens is 285 g/mol. The van der Waals surface area contributed by atoms with E-state index < -0.39 is 17.3 Å². The van der Waals surface area contributed by atoms with Gasteiger partial charge in [-0.05, 0) is 35.9 Å². The molecule has 0 spiro atoms. The van der Waals surface area contributed by atoms with Gasteiger partial charge >= 0.3 is 6.18 Å². The smallest absolute Gasteiger partial charge is 0.417 e. The zero-order valence-corrected chi connectivity index (χ0v) is 10.7. The fraction of sp³-hybridized carbons (Fsp3) is 0.133. The number of aldehydes is 1. The first-order valence-electron chi connectivity index (χ1n) is 5.98. The lowest BCUT2D eigenvalue weighted by atomic mass is 10.1. The molecule has 0 fully saturated rings. The molecule has 2 aromatic rings. The van der Waals surface area contributed by atoms with E-state index in [-0.39, 0.29) is 18.6 Å². The molecule has 0 atom stereocenters. The van der Waals surface area contributed by atoms with Crippen molar-refractivity contribution in [2.24, 2.45) is 0 Å². The van der Waals surface area contributed by atoms with Crippen LogP contribution in [-0.2, 0) is 12.8 Å². The molecule has 0 radical (unpaired) electrons. The molecule has 0 aliphatic heterocycles. The van der Waals surface area contributed by atoms with Crippen molar-refractivity contribution in [3.8, 4) is 11.5 Å². The van der Waals surface area contributed by atoms with Crippen LogP contribution in [0.2, 0.25) is 0 Å². The van der Waals surface area contributed by atoms with Gasteiger partial charge in [-0.15, -0.1) is 0 Å². The summed E-state index contributed by atoms with van der Waals surface area (Å²) in [5, 5.41) is 8.90. The molecule has 21 heavy (non-hydrogen) atoms. The van der Waals surface area contributed by atoms with E-state index >= 15 is 0 Å². The summed E-state index contributed by atoms with van der Waals surface area (Å²) in [5.74, 6) is 0.309. The van der Waals surface area contributed by atoms with Gasteiger partial charge in [0.15, 0.2) is 6.29 Å². The van der Waals surface area contributed by atoms with Crippen molar-refractivity contribution >= 4 is 6.29 Å². The minimum Gasteiger partial charge on any atom is -0.457 e. The third-order valence-electron chi connectivity index (χ3n) is 2.80. The van der Waals surface area contributed by atoms with Crippen LogP contribution < -0.4 is 4.74 Å². The van der Waals surface area contributed by atoms with E-state index in [1.54, 1.807) is 12.1 Å². The fourth-order valence-electron chi connectivity index (χ4n) is 1.75. The second kappa shape index (κ2) is 5.97. The Morgan fingerprint density at radius 1 is 1.05 bits per heavy atom. The van der Waals surface area contributed by atoms with Crippen molar-refractivity contribution in [2.75, 3.05) is 0 Å². The minimum absolute atomic E-state index is 0.0235. The highest BCUT2D eigenvalue weighted by atomic mass is 19.4. The molecule has 0 aliphatic carbocycles. The van der Waals surface area contributed by atoms with Crippen LogP contribution >= 0.6 is 0 Å². The van der Waals surface area contributed by atoms with Crippen molar-refractivity contribution in [3.05, 3.63) is 59.2 Å². The average Bonchev–Trinajstić information content (AvgIpc) is 2.47. The molecule has 0 unspecified atom stereocenters. The van der Waals surface area contributed by atoms with Gasteiger partial charge in [0, 0.05) is 5.56 Å². The number of alkyl halides is 3. The Morgan fingerprint density at radius 3 is 2.19 bits per heavy atom. The third kappa shape index (κ3) is 3.61. The number of rotatable bonds is 4. The summed E-state index contributed by atoms with van der Waals surface area (Å²) in [6.07, 6.45) is -4.47. The maximum atomic E-state index is 12.8. The summed E-state index contributed by atoms with van der Waals surface area (Å²) in [5.41, 5.74) is -0.818. The number of aliphatic hydroxyl groups excluding tert-OH is 1. The highest BCUT2D eigenvalue weighted by Gasteiger charge is 2.33. The van der Waals surface area contributed by atoms with Crippen molar-refractivity contribution in [3.63, 3.8) is 0 Å². The van der Waals surface area contributed by atoms with Gasteiger partial charge in [-0.25, -0.2) is 0 Å². The standard InChI is InChI=1S/C15H11F3O3/c16-15(17,18)14-7-13(6-3-11(14)9-20)21-12-4-1-10(8-19)2-5-12/h1-7,9,19H,8H2. The van der Waals surface area contributed by atoms with Crippen LogP contribution in [0, 0.1) is 0 Å². The molecule has 6 heteroatoms. The summed E-state index contributed by atoms with van der Waals surface area (Å²) >= 11 is 0. The van der Waals surface area contributed by atoms with Crippen molar-refractivity contribution in [1.29, 1.82) is 0 Å². The van der Waals surface area contributed by atoms with Crippen LogP contribution in [0.25, 0.3) is 0 Å². The van der Waals surface area contributed by atoms with Crippen molar-refractivity contribution < 1.29 is 27.8 Å². The fourth-order valence-corrected chi connectivity index (χ4v) is 1.75. The van der Waals surface area contributed by atoms with E-state index in [1.807, 2.05) is 0 Å². The normalized spacial score (nSPS) is 11.2. The summed E-state index contributed by atoms with van der Waals surface area (Å²) in [6, 6.07) is 9.40. The Hall–Kier alpha value is -2.34. The number of benzene rings is 2. The molecule has 2 rings (SSSR count). The molecule has 2 aromatic carbocycles. The topological polar surface area (TPSA) is 46.5 Å². The minimum atomic E-state index is -4.63. The van der Waals surface area contributed by atoms with E-state index in [9.17, 15) is 18.0 Å². The van der Waals surface area contributed by atoms with Gasteiger partial charge in [0.05, 0.1) is 12.2 Å². The number of ether oxygens (including phenoxy) is 1. The average molecular weight is 296 g/mol. The zero-order valence-electron chi connectivity index (χ0n) is 10.7. The molecule has 0 bridgehead atoms. The van der Waals surface area contributed by atoms with Gasteiger partial charge < -0.3 is 9.84 Å². The Morgan fingerprint density at radius 2 is 1.67 bits per heavy atom. The summed E-state index contributed by atoms with van der Waals surface area (Å²) in [7, 11) is 0. The maximum absolute atomic E-state index is 12.8. The van der Waals surface area contributed by atoms with Crippen LogP contribution in [0.15, 0.2) is 42.5 Å². The SMILES string of the molecule is O=Cc1ccc(Oc2ccc(CO)cc2)cc1C(F)(F)F. The van der Waals surface area contributed by atoms with Crippen molar-refractivity contribution in [2.45, 2.75) is 12.8 Å². The summed E-state index contributed by atoms with van der Waals surface area (Å²) in [6.45, 7) is -0.132. The molecule has 0 heterocycles. The van der Waals surface area contributed by atoms with Gasteiger partial charge in [-0.3, -0.25) is 4.79 Å². The third-order valence-corrected chi connectivity index (χ3v) is 2.80. The monoisotopic (exact) mass is 296 g/mol. The Bertz CT molecular complexity index is 634. The van der Waals surface area contributed by atoms with Gasteiger partial charge in [-0.2, -0.15) is 13.2 Å². The first-order chi connectivity index (χ1) is 9.94. The largest absolute Gasteiger partial charge is 0.457 e. The molecule has 0 saturated heterocycles. The van der Waals surface area contributed by atoms with Crippen LogP contribution in [0.3, 0.4) is 0 Å². The number of hydrogen-bond donors (Lipinski definition) is 1. The number of aliphatic hydroxyl groups is 1. The predicted octanol–water partition coefficient (Wildman–Crippen LogP) is 3.80. The lowest BCUT2D eigenvalue weighted by molar-refractivity contribution is -0.137. The maximum Gasteiger partial charge on any atom is 0.417 e.